The van der Waals surface area contributed by atoms with Crippen LogP contribution in [0.1, 0.15) is 51.4 Å². The quantitative estimate of drug-likeness (QED) is 0.165. The first kappa shape index (κ1) is 25.8. The van der Waals surface area contributed by atoms with Crippen LogP contribution in [-0.2, 0) is 6.42 Å². The maximum absolute atomic E-state index is 4.71. The second-order valence-electron chi connectivity index (χ2n) is 9.21. The average Bonchev–Trinajstić information content (AvgIpc) is 3.72. The Morgan fingerprint density at radius 3 is 2.79 bits per heavy atom. The summed E-state index contributed by atoms with van der Waals surface area (Å²) in [6.45, 7) is 4.52. The Balaban J connectivity index is 1.08. The number of rotatable bonds is 14. The third-order valence-electron chi connectivity index (χ3n) is 6.72. The van der Waals surface area contributed by atoms with Gasteiger partial charge in [-0.1, -0.05) is 20.3 Å². The van der Waals surface area contributed by atoms with E-state index in [1.807, 2.05) is 30.2 Å². The lowest BCUT2D eigenvalue weighted by atomic mass is 9.98. The summed E-state index contributed by atoms with van der Waals surface area (Å²) < 4.78 is 2.12. The molecule has 0 amide bonds. The zero-order valence-electron chi connectivity index (χ0n) is 21.7. The highest BCUT2D eigenvalue weighted by molar-refractivity contribution is 7.99. The molecule has 0 aromatic carbocycles. The summed E-state index contributed by atoms with van der Waals surface area (Å²) in [6, 6.07) is 4.16. The van der Waals surface area contributed by atoms with Crippen LogP contribution in [0.5, 0.6) is 0 Å². The summed E-state index contributed by atoms with van der Waals surface area (Å²) in [4.78, 5) is 24.7. The Hall–Kier alpha value is -3.80. The molecule has 0 fully saturated rings. The number of anilines is 2. The lowest BCUT2D eigenvalue weighted by Gasteiger charge is -2.20. The molecule has 2 atom stereocenters. The molecule has 198 valence electrons. The molecule has 0 aliphatic heterocycles. The summed E-state index contributed by atoms with van der Waals surface area (Å²) >= 11 is 1.98. The van der Waals surface area contributed by atoms with Crippen molar-refractivity contribution in [2.75, 3.05) is 16.8 Å². The fourth-order valence-corrected chi connectivity index (χ4v) is 5.70. The molecular weight excluding hydrogens is 498 g/mol. The molecule has 0 saturated carbocycles. The van der Waals surface area contributed by atoms with Crippen molar-refractivity contribution in [1.82, 2.24) is 49.9 Å². The molecule has 5 rings (SSSR count). The van der Waals surface area contributed by atoms with Gasteiger partial charge in [-0.05, 0) is 43.1 Å². The first-order valence-electron chi connectivity index (χ1n) is 13.1. The zero-order valence-corrected chi connectivity index (χ0v) is 22.5. The Morgan fingerprint density at radius 2 is 1.95 bits per heavy atom. The standard InChI is InChI=1S/C26H33N11S/c1-3-18(16-38-13-9-22-33-26(36-35-22)34-25-28-10-5-11-29-25)6-7-20(4-2)37-15-19(14-32-37)23-21-8-12-27-24(21)31-17-30-23/h5,8,10-12,14-15,17-18,20H,3-4,6-7,9,13,16H2,1-2H3,(H,27,30,31)(H2,28,29,33,34,35,36)/t18-,20+/m0/s1. The van der Waals surface area contributed by atoms with Gasteiger partial charge in [-0.3, -0.25) is 15.1 Å². The summed E-state index contributed by atoms with van der Waals surface area (Å²) in [5, 5.41) is 15.9. The minimum atomic E-state index is 0.375. The number of fused-ring (bicyclic) bond motifs is 1. The van der Waals surface area contributed by atoms with Crippen molar-refractivity contribution >= 4 is 34.7 Å². The van der Waals surface area contributed by atoms with Crippen molar-refractivity contribution in [2.24, 2.45) is 5.92 Å². The topological polar surface area (TPSA) is 139 Å². The van der Waals surface area contributed by atoms with Gasteiger partial charge in [0, 0.05) is 47.9 Å². The summed E-state index contributed by atoms with van der Waals surface area (Å²) in [6.07, 6.45) is 16.3. The fourth-order valence-electron chi connectivity index (χ4n) is 4.46. The van der Waals surface area contributed by atoms with Gasteiger partial charge in [0.25, 0.3) is 0 Å². The summed E-state index contributed by atoms with van der Waals surface area (Å²) in [5.41, 5.74) is 2.80. The van der Waals surface area contributed by atoms with E-state index in [9.17, 15) is 0 Å². The zero-order chi connectivity index (χ0) is 26.2. The molecule has 0 bridgehead atoms. The first-order valence-corrected chi connectivity index (χ1v) is 14.2. The van der Waals surface area contributed by atoms with E-state index in [4.69, 9.17) is 5.10 Å². The Morgan fingerprint density at radius 1 is 1.05 bits per heavy atom. The van der Waals surface area contributed by atoms with Crippen LogP contribution in [0, 0.1) is 5.92 Å². The predicted molar refractivity (Wildman–Crippen MR) is 150 cm³/mol. The van der Waals surface area contributed by atoms with Gasteiger partial charge in [0.15, 0.2) is 0 Å². The van der Waals surface area contributed by atoms with Crippen molar-refractivity contribution < 1.29 is 0 Å². The van der Waals surface area contributed by atoms with Crippen LogP contribution >= 0.6 is 11.8 Å². The van der Waals surface area contributed by atoms with E-state index in [0.717, 1.165) is 58.9 Å². The van der Waals surface area contributed by atoms with Crippen molar-refractivity contribution in [3.63, 3.8) is 0 Å². The molecule has 0 spiro atoms. The first-order chi connectivity index (χ1) is 18.7. The van der Waals surface area contributed by atoms with E-state index < -0.39 is 0 Å². The molecule has 0 unspecified atom stereocenters. The number of aryl methyl sites for hydroxylation is 1. The predicted octanol–water partition coefficient (Wildman–Crippen LogP) is 5.21. The van der Waals surface area contributed by atoms with E-state index >= 15 is 0 Å². The van der Waals surface area contributed by atoms with Crippen LogP contribution in [0.15, 0.2) is 49.4 Å². The van der Waals surface area contributed by atoms with Crippen LogP contribution in [0.25, 0.3) is 22.3 Å². The van der Waals surface area contributed by atoms with Crippen LogP contribution in [0.2, 0.25) is 0 Å². The number of aromatic nitrogens is 10. The SMILES string of the molecule is CC[C@@H](CC[C@@H](CC)n1cc(-c2ncnc3[nH]ccc23)cn1)CSCCc1nc(Nc2ncccn2)n[nH]1. The molecule has 12 heteroatoms. The highest BCUT2D eigenvalue weighted by atomic mass is 32.2. The lowest BCUT2D eigenvalue weighted by molar-refractivity contribution is 0.366. The third-order valence-corrected chi connectivity index (χ3v) is 7.92. The van der Waals surface area contributed by atoms with E-state index in [0.29, 0.717) is 23.9 Å². The number of nitrogens with zero attached hydrogens (tertiary/aromatic N) is 8. The number of aromatic amines is 2. The molecule has 0 saturated heterocycles. The van der Waals surface area contributed by atoms with Gasteiger partial charge in [-0.25, -0.2) is 19.9 Å². The molecule has 0 radical (unpaired) electrons. The summed E-state index contributed by atoms with van der Waals surface area (Å²) in [7, 11) is 0. The van der Waals surface area contributed by atoms with Crippen molar-refractivity contribution in [3.8, 4) is 11.3 Å². The van der Waals surface area contributed by atoms with Gasteiger partial charge < -0.3 is 4.98 Å². The third kappa shape index (κ3) is 6.36. The van der Waals surface area contributed by atoms with Crippen LogP contribution in [-0.4, -0.2) is 61.4 Å². The van der Waals surface area contributed by atoms with Gasteiger partial charge in [0.1, 0.15) is 17.8 Å². The maximum atomic E-state index is 4.71. The average molecular weight is 532 g/mol. The molecule has 5 aromatic heterocycles. The van der Waals surface area contributed by atoms with Crippen molar-refractivity contribution in [3.05, 3.63) is 55.3 Å². The van der Waals surface area contributed by atoms with Gasteiger partial charge >= 0.3 is 0 Å². The molecule has 3 N–H and O–H groups in total. The molecule has 0 aliphatic carbocycles. The molecule has 11 nitrogen and oxygen atoms in total. The largest absolute Gasteiger partial charge is 0.346 e. The number of H-pyrrole nitrogens is 2. The normalized spacial score (nSPS) is 13.1. The van der Waals surface area contributed by atoms with Gasteiger partial charge in [0.05, 0.1) is 17.9 Å². The molecule has 0 aliphatic rings. The highest BCUT2D eigenvalue weighted by Gasteiger charge is 2.16. The molecule has 38 heavy (non-hydrogen) atoms. The molecular formula is C26H33N11S. The van der Waals surface area contributed by atoms with Crippen LogP contribution in [0.3, 0.4) is 0 Å². The molecule has 5 aromatic rings. The van der Waals surface area contributed by atoms with E-state index in [1.165, 1.54) is 12.8 Å². The Kier molecular flexibility index (Phi) is 8.59. The maximum Gasteiger partial charge on any atom is 0.248 e. The highest BCUT2D eigenvalue weighted by Crippen LogP contribution is 2.28. The van der Waals surface area contributed by atoms with E-state index in [1.54, 1.807) is 24.8 Å². The van der Waals surface area contributed by atoms with Gasteiger partial charge in [0.2, 0.25) is 11.9 Å². The second kappa shape index (κ2) is 12.6. The number of nitrogens with one attached hydrogen (secondary N) is 3. The monoisotopic (exact) mass is 531 g/mol. The van der Waals surface area contributed by atoms with Crippen LogP contribution in [0.4, 0.5) is 11.9 Å². The molecule has 5 heterocycles. The second-order valence-corrected chi connectivity index (χ2v) is 10.4. The van der Waals surface area contributed by atoms with Crippen molar-refractivity contribution in [2.45, 2.75) is 52.0 Å². The lowest BCUT2D eigenvalue weighted by Crippen LogP contribution is -2.12. The van der Waals surface area contributed by atoms with Crippen LogP contribution < -0.4 is 5.32 Å². The Labute approximate surface area is 225 Å². The number of hydrogen-bond donors (Lipinski definition) is 3. The Bertz CT molecular complexity index is 1410. The minimum Gasteiger partial charge on any atom is -0.346 e. The smallest absolute Gasteiger partial charge is 0.248 e. The minimum absolute atomic E-state index is 0.375. The number of thioether (sulfide) groups is 1. The van der Waals surface area contributed by atoms with E-state index in [2.05, 4.69) is 70.1 Å². The number of hydrogen-bond acceptors (Lipinski definition) is 9. The van der Waals surface area contributed by atoms with Gasteiger partial charge in [-0.2, -0.15) is 21.8 Å². The summed E-state index contributed by atoms with van der Waals surface area (Å²) in [5.74, 6) is 4.66. The van der Waals surface area contributed by atoms with E-state index in [-0.39, 0.29) is 0 Å². The fraction of sp³-hybridized carbons (Fsp3) is 0.423. The van der Waals surface area contributed by atoms with Gasteiger partial charge in [-0.15, -0.1) is 5.10 Å². The van der Waals surface area contributed by atoms with Crippen molar-refractivity contribution in [1.29, 1.82) is 0 Å².